The van der Waals surface area contributed by atoms with Gasteiger partial charge in [-0.1, -0.05) is 18.8 Å². The van der Waals surface area contributed by atoms with Gasteiger partial charge in [-0.15, -0.1) is 0 Å². The van der Waals surface area contributed by atoms with Gasteiger partial charge in [0, 0.05) is 25.2 Å². The number of aromatic nitrogens is 1. The number of carbonyl (C=O) groups excluding carboxylic acids is 1. The lowest BCUT2D eigenvalue weighted by Gasteiger charge is -2.36. The number of rotatable bonds is 2. The van der Waals surface area contributed by atoms with E-state index in [1.807, 2.05) is 11.0 Å². The summed E-state index contributed by atoms with van der Waals surface area (Å²) >= 11 is 0. The Morgan fingerprint density at radius 2 is 2.29 bits per heavy atom. The van der Waals surface area contributed by atoms with Gasteiger partial charge in [-0.2, -0.15) is 0 Å². The Kier molecular flexibility index (Phi) is 5.35. The van der Waals surface area contributed by atoms with E-state index in [1.54, 1.807) is 12.3 Å². The lowest BCUT2D eigenvalue weighted by molar-refractivity contribution is 0.0567. The number of likely N-dealkylation sites (tertiary alicyclic amines) is 1. The number of aliphatic hydroxyl groups excluding tert-OH is 1. The maximum absolute atomic E-state index is 12.8. The van der Waals surface area contributed by atoms with Crippen molar-refractivity contribution in [1.82, 2.24) is 9.88 Å². The van der Waals surface area contributed by atoms with Gasteiger partial charge in [-0.3, -0.25) is 4.79 Å². The SMILES string of the molecule is CC1CCC(C)N(C(=O)c2ncccc2C#CCCO)C1. The van der Waals surface area contributed by atoms with Crippen LogP contribution in [0.1, 0.15) is 49.2 Å². The molecule has 0 saturated carbocycles. The third-order valence-corrected chi connectivity index (χ3v) is 3.85. The Bertz CT molecular complexity index is 559. The van der Waals surface area contributed by atoms with Gasteiger partial charge in [0.1, 0.15) is 5.69 Å². The van der Waals surface area contributed by atoms with Gasteiger partial charge in [0.2, 0.25) is 0 Å². The van der Waals surface area contributed by atoms with Gasteiger partial charge in [0.25, 0.3) is 5.91 Å². The maximum atomic E-state index is 12.8. The Morgan fingerprint density at radius 3 is 3.05 bits per heavy atom. The van der Waals surface area contributed by atoms with Crippen LogP contribution in [0, 0.1) is 17.8 Å². The van der Waals surface area contributed by atoms with Crippen LogP contribution in [0.25, 0.3) is 0 Å². The summed E-state index contributed by atoms with van der Waals surface area (Å²) in [6.45, 7) is 5.06. The molecule has 112 valence electrons. The molecule has 1 aliphatic heterocycles. The van der Waals surface area contributed by atoms with Crippen molar-refractivity contribution >= 4 is 5.91 Å². The minimum Gasteiger partial charge on any atom is -0.395 e. The normalized spacial score (nSPS) is 21.6. The van der Waals surface area contributed by atoms with Gasteiger partial charge in [0.15, 0.2) is 0 Å². The second kappa shape index (κ2) is 7.24. The molecule has 0 spiro atoms. The Labute approximate surface area is 126 Å². The van der Waals surface area contributed by atoms with Crippen LogP contribution in [0.4, 0.5) is 0 Å². The number of pyridine rings is 1. The molecule has 1 aliphatic rings. The minimum atomic E-state index is -0.0389. The minimum absolute atomic E-state index is 0.0250. The molecular formula is C17H22N2O2. The predicted molar refractivity (Wildman–Crippen MR) is 81.7 cm³/mol. The van der Waals surface area contributed by atoms with Gasteiger partial charge in [-0.25, -0.2) is 4.98 Å². The highest BCUT2D eigenvalue weighted by Gasteiger charge is 2.29. The summed E-state index contributed by atoms with van der Waals surface area (Å²) in [4.78, 5) is 18.9. The van der Waals surface area contributed by atoms with E-state index >= 15 is 0 Å². The van der Waals surface area contributed by atoms with Crippen molar-refractivity contribution in [3.8, 4) is 11.8 Å². The molecule has 2 unspecified atom stereocenters. The highest BCUT2D eigenvalue weighted by atomic mass is 16.2. The lowest BCUT2D eigenvalue weighted by Crippen LogP contribution is -2.45. The van der Waals surface area contributed by atoms with Crippen LogP contribution < -0.4 is 0 Å². The molecule has 0 bridgehead atoms. The van der Waals surface area contributed by atoms with E-state index in [0.29, 0.717) is 23.6 Å². The van der Waals surface area contributed by atoms with Crippen LogP contribution in [0.15, 0.2) is 18.3 Å². The second-order valence-electron chi connectivity index (χ2n) is 5.66. The van der Waals surface area contributed by atoms with Crippen LogP contribution in [-0.4, -0.2) is 40.1 Å². The average Bonchev–Trinajstić information content (AvgIpc) is 2.50. The van der Waals surface area contributed by atoms with E-state index in [2.05, 4.69) is 30.7 Å². The highest BCUT2D eigenvalue weighted by Crippen LogP contribution is 2.23. The topological polar surface area (TPSA) is 53.4 Å². The first-order chi connectivity index (χ1) is 10.1. The number of aliphatic hydroxyl groups is 1. The zero-order chi connectivity index (χ0) is 15.2. The average molecular weight is 286 g/mol. The number of hydrogen-bond acceptors (Lipinski definition) is 3. The van der Waals surface area contributed by atoms with Crippen LogP contribution in [0.5, 0.6) is 0 Å². The monoisotopic (exact) mass is 286 g/mol. The van der Waals surface area contributed by atoms with Crippen LogP contribution >= 0.6 is 0 Å². The van der Waals surface area contributed by atoms with Gasteiger partial charge in [0.05, 0.1) is 12.2 Å². The van der Waals surface area contributed by atoms with Crippen molar-refractivity contribution in [3.05, 3.63) is 29.6 Å². The molecule has 1 aromatic heterocycles. The molecule has 1 amide bonds. The largest absolute Gasteiger partial charge is 0.395 e. The summed E-state index contributed by atoms with van der Waals surface area (Å²) in [7, 11) is 0. The predicted octanol–water partition coefficient (Wildman–Crippen LogP) is 2.08. The first-order valence-electron chi connectivity index (χ1n) is 7.49. The quantitative estimate of drug-likeness (QED) is 0.847. The molecule has 2 heterocycles. The summed E-state index contributed by atoms with van der Waals surface area (Å²) in [5.41, 5.74) is 1.06. The Hall–Kier alpha value is -1.86. The summed E-state index contributed by atoms with van der Waals surface area (Å²) in [6, 6.07) is 3.83. The van der Waals surface area contributed by atoms with Crippen molar-refractivity contribution < 1.29 is 9.90 Å². The molecule has 1 N–H and O–H groups in total. The summed E-state index contributed by atoms with van der Waals surface area (Å²) in [5.74, 6) is 6.29. The molecule has 4 nitrogen and oxygen atoms in total. The molecule has 0 radical (unpaired) electrons. The highest BCUT2D eigenvalue weighted by molar-refractivity contribution is 5.95. The third kappa shape index (κ3) is 3.83. The van der Waals surface area contributed by atoms with E-state index in [0.717, 1.165) is 19.4 Å². The molecule has 4 heteroatoms. The van der Waals surface area contributed by atoms with Gasteiger partial charge in [-0.05, 0) is 37.8 Å². The van der Waals surface area contributed by atoms with E-state index in [4.69, 9.17) is 5.11 Å². The Balaban J connectivity index is 2.25. The molecule has 21 heavy (non-hydrogen) atoms. The number of piperidine rings is 1. The zero-order valence-corrected chi connectivity index (χ0v) is 12.7. The fourth-order valence-electron chi connectivity index (χ4n) is 2.60. The molecule has 0 aliphatic carbocycles. The number of hydrogen-bond donors (Lipinski definition) is 1. The van der Waals surface area contributed by atoms with E-state index in [-0.39, 0.29) is 18.6 Å². The summed E-state index contributed by atoms with van der Waals surface area (Å²) < 4.78 is 0. The standard InChI is InChI=1S/C17H22N2O2/c1-13-8-9-14(2)19(12-13)17(21)16-15(6-3-4-11-20)7-5-10-18-16/h5,7,10,13-14,20H,4,8-9,11-12H2,1-2H3. The van der Waals surface area contributed by atoms with Crippen molar-refractivity contribution in [2.45, 2.75) is 39.2 Å². The fraction of sp³-hybridized carbons (Fsp3) is 0.529. The number of nitrogens with zero attached hydrogens (tertiary/aromatic N) is 2. The molecule has 1 aromatic rings. The van der Waals surface area contributed by atoms with E-state index in [1.165, 1.54) is 0 Å². The van der Waals surface area contributed by atoms with E-state index < -0.39 is 0 Å². The van der Waals surface area contributed by atoms with Crippen molar-refractivity contribution in [2.75, 3.05) is 13.2 Å². The lowest BCUT2D eigenvalue weighted by atomic mass is 9.94. The summed E-state index contributed by atoms with van der Waals surface area (Å²) in [5, 5.41) is 8.80. The zero-order valence-electron chi connectivity index (χ0n) is 12.7. The van der Waals surface area contributed by atoms with Gasteiger partial charge >= 0.3 is 0 Å². The first-order valence-corrected chi connectivity index (χ1v) is 7.49. The van der Waals surface area contributed by atoms with Gasteiger partial charge < -0.3 is 10.0 Å². The van der Waals surface area contributed by atoms with Crippen LogP contribution in [-0.2, 0) is 0 Å². The molecule has 1 fully saturated rings. The van der Waals surface area contributed by atoms with Crippen LogP contribution in [0.2, 0.25) is 0 Å². The summed E-state index contributed by atoms with van der Waals surface area (Å²) in [6.07, 6.45) is 4.23. The molecular weight excluding hydrogens is 264 g/mol. The van der Waals surface area contributed by atoms with Crippen LogP contribution in [0.3, 0.4) is 0 Å². The second-order valence-corrected chi connectivity index (χ2v) is 5.66. The van der Waals surface area contributed by atoms with E-state index in [9.17, 15) is 4.79 Å². The fourth-order valence-corrected chi connectivity index (χ4v) is 2.60. The van der Waals surface area contributed by atoms with Crippen molar-refractivity contribution in [2.24, 2.45) is 5.92 Å². The molecule has 2 atom stereocenters. The van der Waals surface area contributed by atoms with Crippen molar-refractivity contribution in [1.29, 1.82) is 0 Å². The third-order valence-electron chi connectivity index (χ3n) is 3.85. The first kappa shape index (κ1) is 15.5. The Morgan fingerprint density at radius 1 is 1.48 bits per heavy atom. The van der Waals surface area contributed by atoms with Crippen molar-refractivity contribution in [3.63, 3.8) is 0 Å². The molecule has 1 saturated heterocycles. The number of amides is 1. The maximum Gasteiger partial charge on any atom is 0.273 e. The smallest absolute Gasteiger partial charge is 0.273 e. The molecule has 2 rings (SSSR count). The molecule has 0 aromatic carbocycles. The number of carbonyl (C=O) groups is 1.